The molecular weight excluding hydrogens is 216 g/mol. The van der Waals surface area contributed by atoms with Crippen molar-refractivity contribution in [3.63, 3.8) is 0 Å². The van der Waals surface area contributed by atoms with Gasteiger partial charge in [0.25, 0.3) is 0 Å². The Kier molecular flexibility index (Phi) is 2.92. The molecule has 16 heavy (non-hydrogen) atoms. The predicted octanol–water partition coefficient (Wildman–Crippen LogP) is -1.66. The molecule has 0 amide bonds. The van der Waals surface area contributed by atoms with E-state index in [0.29, 0.717) is 0 Å². The zero-order chi connectivity index (χ0) is 13.0. The lowest BCUT2D eigenvalue weighted by atomic mass is 9.67. The molecule has 1 fully saturated rings. The van der Waals surface area contributed by atoms with Crippen LogP contribution in [0, 0.1) is 0 Å². The van der Waals surface area contributed by atoms with Crippen molar-refractivity contribution >= 4 is 0 Å². The highest BCUT2D eigenvalue weighted by Crippen LogP contribution is 2.46. The van der Waals surface area contributed by atoms with Gasteiger partial charge in [-0.15, -0.1) is 0 Å². The average molecular weight is 236 g/mol. The van der Waals surface area contributed by atoms with Crippen molar-refractivity contribution in [3.05, 3.63) is 0 Å². The van der Waals surface area contributed by atoms with E-state index in [1.54, 1.807) is 0 Å². The van der Waals surface area contributed by atoms with E-state index in [-0.39, 0.29) is 0 Å². The summed E-state index contributed by atoms with van der Waals surface area (Å²) in [4.78, 5) is 0. The van der Waals surface area contributed by atoms with Crippen molar-refractivity contribution in [2.24, 2.45) is 0 Å². The lowest BCUT2D eigenvalue weighted by Gasteiger charge is -2.59. The molecule has 0 aromatic carbocycles. The summed E-state index contributed by atoms with van der Waals surface area (Å²) in [7, 11) is 0. The van der Waals surface area contributed by atoms with E-state index in [0.717, 1.165) is 6.92 Å². The third-order valence-electron chi connectivity index (χ3n) is 3.79. The number of aliphatic hydroxyl groups is 5. The highest BCUT2D eigenvalue weighted by Gasteiger charge is 2.68. The van der Waals surface area contributed by atoms with Crippen LogP contribution < -0.4 is 0 Å². The first-order chi connectivity index (χ1) is 6.92. The summed E-state index contributed by atoms with van der Waals surface area (Å²) in [5, 5.41) is 49.2. The van der Waals surface area contributed by atoms with Gasteiger partial charge in [0.2, 0.25) is 0 Å². The SMILES string of the molecule is CC1(CO)O[C@](C)(O)C(O)[C@](C)(O)[C@]1(C)O. The molecule has 0 radical (unpaired) electrons. The Morgan fingerprint density at radius 1 is 1.06 bits per heavy atom. The normalized spacial score (nSPS) is 58.7. The number of aliphatic hydroxyl groups excluding tert-OH is 2. The van der Waals surface area contributed by atoms with E-state index in [2.05, 4.69) is 0 Å². The Labute approximate surface area is 94.1 Å². The average Bonchev–Trinajstić information content (AvgIpc) is 2.13. The van der Waals surface area contributed by atoms with Crippen molar-refractivity contribution in [1.82, 2.24) is 0 Å². The van der Waals surface area contributed by atoms with Crippen LogP contribution in [0.25, 0.3) is 0 Å². The summed E-state index contributed by atoms with van der Waals surface area (Å²) in [5.41, 5.74) is -5.53. The van der Waals surface area contributed by atoms with Gasteiger partial charge in [-0.1, -0.05) is 0 Å². The van der Waals surface area contributed by atoms with Gasteiger partial charge in [-0.2, -0.15) is 0 Å². The standard InChI is InChI=1S/C10H20O6/c1-7(5-11)10(4,15)8(2,13)6(12)9(3,14)16-7/h6,11-15H,5H2,1-4H3/t6?,7?,8-,9-,10+/m0/s1. The Morgan fingerprint density at radius 3 is 1.88 bits per heavy atom. The Balaban J connectivity index is 3.31. The van der Waals surface area contributed by atoms with Gasteiger partial charge >= 0.3 is 0 Å². The quantitative estimate of drug-likeness (QED) is 0.373. The number of hydrogen-bond acceptors (Lipinski definition) is 6. The molecule has 1 aliphatic heterocycles. The molecular formula is C10H20O6. The second-order valence-electron chi connectivity index (χ2n) is 5.17. The largest absolute Gasteiger partial charge is 0.393 e. The molecule has 5 atom stereocenters. The summed E-state index contributed by atoms with van der Waals surface area (Å²) in [5.74, 6) is -2.05. The summed E-state index contributed by atoms with van der Waals surface area (Å²) in [6, 6.07) is 0. The number of hydrogen-bond donors (Lipinski definition) is 5. The van der Waals surface area contributed by atoms with Gasteiger partial charge in [0.05, 0.1) is 6.61 Å². The van der Waals surface area contributed by atoms with Crippen LogP contribution in [0.15, 0.2) is 0 Å². The molecule has 0 aliphatic carbocycles. The molecule has 1 saturated heterocycles. The fraction of sp³-hybridized carbons (Fsp3) is 1.00. The van der Waals surface area contributed by atoms with E-state index in [9.17, 15) is 25.5 Å². The van der Waals surface area contributed by atoms with Gasteiger partial charge in [0.15, 0.2) is 5.79 Å². The van der Waals surface area contributed by atoms with Crippen molar-refractivity contribution in [1.29, 1.82) is 0 Å². The van der Waals surface area contributed by atoms with Gasteiger partial charge < -0.3 is 30.3 Å². The van der Waals surface area contributed by atoms with Crippen LogP contribution in [0.4, 0.5) is 0 Å². The second kappa shape index (κ2) is 3.38. The number of ether oxygens (including phenoxy) is 1. The Bertz CT molecular complexity index is 278. The third kappa shape index (κ3) is 1.49. The molecule has 0 aromatic heterocycles. The minimum atomic E-state index is -2.05. The Morgan fingerprint density at radius 2 is 1.50 bits per heavy atom. The van der Waals surface area contributed by atoms with Crippen LogP contribution in [-0.4, -0.2) is 60.8 Å². The van der Waals surface area contributed by atoms with Crippen LogP contribution in [0.2, 0.25) is 0 Å². The fourth-order valence-electron chi connectivity index (χ4n) is 2.12. The van der Waals surface area contributed by atoms with Gasteiger partial charge in [0.1, 0.15) is 22.9 Å². The summed E-state index contributed by atoms with van der Waals surface area (Å²) in [6.07, 6.45) is -1.70. The molecule has 0 saturated carbocycles. The van der Waals surface area contributed by atoms with E-state index < -0.39 is 35.3 Å². The van der Waals surface area contributed by atoms with E-state index in [1.165, 1.54) is 20.8 Å². The van der Waals surface area contributed by atoms with E-state index in [4.69, 9.17) is 4.74 Å². The zero-order valence-corrected chi connectivity index (χ0v) is 9.93. The van der Waals surface area contributed by atoms with Gasteiger partial charge in [-0.3, -0.25) is 0 Å². The second-order valence-corrected chi connectivity index (χ2v) is 5.17. The smallest absolute Gasteiger partial charge is 0.192 e. The summed E-state index contributed by atoms with van der Waals surface area (Å²) in [6.45, 7) is 4.32. The van der Waals surface area contributed by atoms with Crippen molar-refractivity contribution in [3.8, 4) is 0 Å². The lowest BCUT2D eigenvalue weighted by Crippen LogP contribution is -2.79. The van der Waals surface area contributed by atoms with Gasteiger partial charge in [0, 0.05) is 0 Å². The van der Waals surface area contributed by atoms with Crippen LogP contribution in [0.1, 0.15) is 27.7 Å². The summed E-state index contributed by atoms with van der Waals surface area (Å²) < 4.78 is 5.12. The van der Waals surface area contributed by atoms with Crippen molar-refractivity contribution < 1.29 is 30.3 Å². The maximum absolute atomic E-state index is 10.2. The van der Waals surface area contributed by atoms with Crippen LogP contribution in [0.5, 0.6) is 0 Å². The molecule has 1 rings (SSSR count). The maximum Gasteiger partial charge on any atom is 0.192 e. The van der Waals surface area contributed by atoms with E-state index >= 15 is 0 Å². The first-order valence-electron chi connectivity index (χ1n) is 5.08. The molecule has 6 heteroatoms. The lowest BCUT2D eigenvalue weighted by molar-refractivity contribution is -0.419. The highest BCUT2D eigenvalue weighted by molar-refractivity contribution is 5.15. The maximum atomic E-state index is 10.2. The van der Waals surface area contributed by atoms with Crippen LogP contribution >= 0.6 is 0 Å². The molecule has 5 N–H and O–H groups in total. The third-order valence-corrected chi connectivity index (χ3v) is 3.79. The molecule has 1 aliphatic rings. The van der Waals surface area contributed by atoms with Gasteiger partial charge in [-0.05, 0) is 27.7 Å². The molecule has 96 valence electrons. The van der Waals surface area contributed by atoms with Gasteiger partial charge in [-0.25, -0.2) is 0 Å². The zero-order valence-electron chi connectivity index (χ0n) is 9.93. The molecule has 2 unspecified atom stereocenters. The van der Waals surface area contributed by atoms with Crippen molar-refractivity contribution in [2.75, 3.05) is 6.61 Å². The molecule has 1 heterocycles. The van der Waals surface area contributed by atoms with Crippen LogP contribution in [-0.2, 0) is 4.74 Å². The highest BCUT2D eigenvalue weighted by atomic mass is 16.7. The topological polar surface area (TPSA) is 110 Å². The molecule has 0 spiro atoms. The first kappa shape index (κ1) is 13.8. The number of rotatable bonds is 1. The molecule has 6 nitrogen and oxygen atoms in total. The minimum absolute atomic E-state index is 0.612. The molecule has 0 aromatic rings. The first-order valence-corrected chi connectivity index (χ1v) is 5.08. The fourth-order valence-corrected chi connectivity index (χ4v) is 2.12. The van der Waals surface area contributed by atoms with E-state index in [1.807, 2.05) is 0 Å². The van der Waals surface area contributed by atoms with Crippen molar-refractivity contribution in [2.45, 2.75) is 56.4 Å². The Hall–Kier alpha value is -0.240. The predicted molar refractivity (Wildman–Crippen MR) is 54.5 cm³/mol. The summed E-state index contributed by atoms with van der Waals surface area (Å²) >= 11 is 0. The molecule has 0 bridgehead atoms. The minimum Gasteiger partial charge on any atom is -0.393 e. The monoisotopic (exact) mass is 236 g/mol. The van der Waals surface area contributed by atoms with Crippen LogP contribution in [0.3, 0.4) is 0 Å².